The van der Waals surface area contributed by atoms with Crippen LogP contribution in [0.25, 0.3) is 0 Å². The van der Waals surface area contributed by atoms with Gasteiger partial charge in [0.1, 0.15) is 0 Å². The van der Waals surface area contributed by atoms with Crippen molar-refractivity contribution in [1.82, 2.24) is 0 Å². The van der Waals surface area contributed by atoms with Crippen molar-refractivity contribution in [2.75, 3.05) is 13.7 Å². The number of benzene rings is 1. The van der Waals surface area contributed by atoms with Crippen LogP contribution >= 0.6 is 0 Å². The second-order valence-electron chi connectivity index (χ2n) is 4.66. The quantitative estimate of drug-likeness (QED) is 0.742. The Bertz CT molecular complexity index is 430. The van der Waals surface area contributed by atoms with Crippen LogP contribution in [0.1, 0.15) is 31.0 Å². The summed E-state index contributed by atoms with van der Waals surface area (Å²) in [7, 11) is 1.59. The minimum absolute atomic E-state index is 0.0508. The Morgan fingerprint density at radius 2 is 2.11 bits per heavy atom. The fourth-order valence-corrected chi connectivity index (χ4v) is 1.83. The number of aliphatic hydroxyl groups excluding tert-OH is 1. The van der Waals surface area contributed by atoms with Gasteiger partial charge in [-0.05, 0) is 38.0 Å². The number of allylic oxidation sites excluding steroid dienone is 1. The maximum atomic E-state index is 9.17. The van der Waals surface area contributed by atoms with Crippen LogP contribution in [0.15, 0.2) is 24.8 Å². The highest BCUT2D eigenvalue weighted by Gasteiger charge is 2.16. The molecular formula is C15H23NO3. The van der Waals surface area contributed by atoms with Gasteiger partial charge in [-0.25, -0.2) is 0 Å². The molecule has 0 aliphatic carbocycles. The van der Waals surface area contributed by atoms with Gasteiger partial charge in [0.15, 0.2) is 11.5 Å². The molecule has 0 heterocycles. The van der Waals surface area contributed by atoms with Crippen molar-refractivity contribution >= 4 is 0 Å². The van der Waals surface area contributed by atoms with Gasteiger partial charge >= 0.3 is 0 Å². The zero-order valence-corrected chi connectivity index (χ0v) is 11.8. The molecular weight excluding hydrogens is 242 g/mol. The summed E-state index contributed by atoms with van der Waals surface area (Å²) in [5.41, 5.74) is 7.65. The van der Waals surface area contributed by atoms with E-state index in [1.807, 2.05) is 26.0 Å². The first kappa shape index (κ1) is 15.5. The smallest absolute Gasteiger partial charge is 0.165 e. The van der Waals surface area contributed by atoms with Crippen molar-refractivity contribution in [2.24, 2.45) is 5.73 Å². The van der Waals surface area contributed by atoms with Crippen LogP contribution in [0.4, 0.5) is 0 Å². The van der Waals surface area contributed by atoms with Crippen molar-refractivity contribution in [3.8, 4) is 11.5 Å². The maximum Gasteiger partial charge on any atom is 0.165 e. The average Bonchev–Trinajstić information content (AvgIpc) is 2.39. The van der Waals surface area contributed by atoms with E-state index in [1.54, 1.807) is 13.2 Å². The van der Waals surface area contributed by atoms with E-state index in [-0.39, 0.29) is 12.7 Å². The molecule has 0 aliphatic rings. The number of ether oxygens (including phenoxy) is 2. The van der Waals surface area contributed by atoms with E-state index in [4.69, 9.17) is 15.2 Å². The van der Waals surface area contributed by atoms with Crippen LogP contribution in [-0.4, -0.2) is 24.9 Å². The molecule has 106 valence electrons. The molecule has 0 saturated carbocycles. The first-order valence-corrected chi connectivity index (χ1v) is 6.38. The molecule has 19 heavy (non-hydrogen) atoms. The molecule has 0 saturated heterocycles. The monoisotopic (exact) mass is 265 g/mol. The summed E-state index contributed by atoms with van der Waals surface area (Å²) in [4.78, 5) is 0. The molecule has 1 atom stereocenters. The molecule has 4 nitrogen and oxygen atoms in total. The predicted octanol–water partition coefficient (Wildman–Crippen LogP) is 2.20. The van der Waals surface area contributed by atoms with Gasteiger partial charge in [0.2, 0.25) is 0 Å². The lowest BCUT2D eigenvalue weighted by molar-refractivity contribution is 0.227. The number of hydrogen-bond donors (Lipinski definition) is 2. The lowest BCUT2D eigenvalue weighted by Gasteiger charge is -2.20. The van der Waals surface area contributed by atoms with E-state index in [0.29, 0.717) is 17.9 Å². The minimum Gasteiger partial charge on any atom is -0.493 e. The number of hydrogen-bond acceptors (Lipinski definition) is 4. The molecule has 0 radical (unpaired) electrons. The third-order valence-electron chi connectivity index (χ3n) is 2.72. The largest absolute Gasteiger partial charge is 0.493 e. The average molecular weight is 265 g/mol. The molecule has 0 bridgehead atoms. The Kier molecular flexibility index (Phi) is 5.86. The molecule has 3 N–H and O–H groups in total. The summed E-state index contributed by atoms with van der Waals surface area (Å²) in [5, 5.41) is 9.17. The molecule has 1 rings (SSSR count). The van der Waals surface area contributed by atoms with Gasteiger partial charge in [-0.1, -0.05) is 6.08 Å². The van der Waals surface area contributed by atoms with Crippen molar-refractivity contribution < 1.29 is 14.6 Å². The van der Waals surface area contributed by atoms with Gasteiger partial charge < -0.3 is 20.3 Å². The minimum atomic E-state index is -0.425. The molecule has 0 fully saturated rings. The van der Waals surface area contributed by atoms with Crippen LogP contribution in [-0.2, 0) is 6.42 Å². The molecule has 1 aromatic rings. The SMILES string of the molecule is C=CCc1cc([C@H](N)CO)cc(OC)c1OC(C)C. The summed E-state index contributed by atoms with van der Waals surface area (Å²) in [6.07, 6.45) is 2.51. The van der Waals surface area contributed by atoms with Crippen LogP contribution < -0.4 is 15.2 Å². The van der Waals surface area contributed by atoms with Gasteiger partial charge in [-0.3, -0.25) is 0 Å². The second-order valence-corrected chi connectivity index (χ2v) is 4.66. The third kappa shape index (κ3) is 3.98. The molecule has 0 unspecified atom stereocenters. The van der Waals surface area contributed by atoms with Crippen LogP contribution in [0.5, 0.6) is 11.5 Å². The summed E-state index contributed by atoms with van der Waals surface area (Å²) in [5.74, 6) is 1.35. The summed E-state index contributed by atoms with van der Waals surface area (Å²) in [6, 6.07) is 3.32. The zero-order valence-electron chi connectivity index (χ0n) is 11.8. The Labute approximate surface area is 114 Å². The van der Waals surface area contributed by atoms with E-state index < -0.39 is 6.04 Å². The van der Waals surface area contributed by atoms with Gasteiger partial charge in [0.25, 0.3) is 0 Å². The van der Waals surface area contributed by atoms with Crippen LogP contribution in [0.2, 0.25) is 0 Å². The van der Waals surface area contributed by atoms with Crippen molar-refractivity contribution in [3.05, 3.63) is 35.9 Å². The molecule has 1 aromatic carbocycles. The fraction of sp³-hybridized carbons (Fsp3) is 0.467. The lowest BCUT2D eigenvalue weighted by atomic mass is 10.0. The van der Waals surface area contributed by atoms with Crippen LogP contribution in [0.3, 0.4) is 0 Å². The predicted molar refractivity (Wildman–Crippen MR) is 76.7 cm³/mol. The topological polar surface area (TPSA) is 64.7 Å². The second kappa shape index (κ2) is 7.16. The zero-order chi connectivity index (χ0) is 14.4. The van der Waals surface area contributed by atoms with E-state index in [9.17, 15) is 5.11 Å². The molecule has 4 heteroatoms. The molecule has 0 spiro atoms. The van der Waals surface area contributed by atoms with Crippen LogP contribution in [0, 0.1) is 0 Å². The summed E-state index contributed by atoms with van der Waals surface area (Å²) < 4.78 is 11.2. The van der Waals surface area contributed by atoms with Gasteiger partial charge in [0.05, 0.1) is 25.9 Å². The lowest BCUT2D eigenvalue weighted by Crippen LogP contribution is -2.16. The maximum absolute atomic E-state index is 9.17. The Hall–Kier alpha value is -1.52. The number of rotatable bonds is 7. The molecule has 0 aromatic heterocycles. The third-order valence-corrected chi connectivity index (χ3v) is 2.72. The van der Waals surface area contributed by atoms with E-state index >= 15 is 0 Å². The number of methoxy groups -OCH3 is 1. The van der Waals surface area contributed by atoms with Gasteiger partial charge in [-0.15, -0.1) is 6.58 Å². The molecule has 0 amide bonds. The van der Waals surface area contributed by atoms with E-state index in [2.05, 4.69) is 6.58 Å². The molecule has 0 aliphatic heterocycles. The van der Waals surface area contributed by atoms with Gasteiger partial charge in [-0.2, -0.15) is 0 Å². The van der Waals surface area contributed by atoms with E-state index in [0.717, 1.165) is 11.1 Å². The Balaban J connectivity index is 3.30. The van der Waals surface area contributed by atoms with Gasteiger partial charge in [0, 0.05) is 5.56 Å². The number of aliphatic hydroxyl groups is 1. The highest BCUT2D eigenvalue weighted by atomic mass is 16.5. The van der Waals surface area contributed by atoms with Crippen molar-refractivity contribution in [3.63, 3.8) is 0 Å². The Morgan fingerprint density at radius 3 is 2.58 bits per heavy atom. The van der Waals surface area contributed by atoms with Crippen molar-refractivity contribution in [2.45, 2.75) is 32.4 Å². The first-order valence-electron chi connectivity index (χ1n) is 6.38. The van der Waals surface area contributed by atoms with Crippen molar-refractivity contribution in [1.29, 1.82) is 0 Å². The highest BCUT2D eigenvalue weighted by Crippen LogP contribution is 2.35. The fourth-order valence-electron chi connectivity index (χ4n) is 1.83. The Morgan fingerprint density at radius 1 is 1.42 bits per heavy atom. The number of nitrogens with two attached hydrogens (primary N) is 1. The standard InChI is InChI=1S/C15H23NO3/c1-5-6-11-7-12(13(16)9-17)8-14(18-4)15(11)19-10(2)3/h5,7-8,10,13,17H,1,6,9,16H2,2-4H3/t13-/m1/s1. The van der Waals surface area contributed by atoms with E-state index in [1.165, 1.54) is 0 Å². The highest BCUT2D eigenvalue weighted by molar-refractivity contribution is 5.51. The normalized spacial score (nSPS) is 12.3. The summed E-state index contributed by atoms with van der Waals surface area (Å²) >= 11 is 0. The first-order chi connectivity index (χ1) is 9.03. The summed E-state index contributed by atoms with van der Waals surface area (Å²) in [6.45, 7) is 7.56.